The molecule has 3 aromatic rings. The van der Waals surface area contributed by atoms with Crippen LogP contribution in [-0.4, -0.2) is 15.6 Å². The molecule has 5 nitrogen and oxygen atoms in total. The highest BCUT2D eigenvalue weighted by Crippen LogP contribution is 2.20. The predicted octanol–water partition coefficient (Wildman–Crippen LogP) is 2.28. The van der Waals surface area contributed by atoms with Gasteiger partial charge in [-0.05, 0) is 24.3 Å². The van der Waals surface area contributed by atoms with Gasteiger partial charge in [-0.25, -0.2) is 4.68 Å². The second-order valence-corrected chi connectivity index (χ2v) is 4.00. The molecule has 0 saturated heterocycles. The van der Waals surface area contributed by atoms with Crippen LogP contribution in [0.15, 0.2) is 59.3 Å². The molecule has 0 bridgehead atoms. The number of nitrogens with two attached hydrogens (primary N) is 1. The van der Waals surface area contributed by atoms with Crippen molar-refractivity contribution < 1.29 is 9.21 Å². The molecule has 2 heterocycles. The first-order valence-corrected chi connectivity index (χ1v) is 5.74. The van der Waals surface area contributed by atoms with Gasteiger partial charge in [0, 0.05) is 0 Å². The summed E-state index contributed by atoms with van der Waals surface area (Å²) in [4.78, 5) is 12.1. The second-order valence-electron chi connectivity index (χ2n) is 4.00. The van der Waals surface area contributed by atoms with Crippen LogP contribution in [0.3, 0.4) is 0 Å². The molecule has 1 aromatic carbocycles. The topological polar surface area (TPSA) is 74.1 Å². The molecule has 0 aliphatic rings. The van der Waals surface area contributed by atoms with E-state index in [4.69, 9.17) is 10.2 Å². The lowest BCUT2D eigenvalue weighted by atomic mass is 10.2. The van der Waals surface area contributed by atoms with Crippen LogP contribution >= 0.6 is 0 Å². The molecular weight excluding hydrogens is 242 g/mol. The molecule has 5 heteroatoms. The number of carbonyl (C=O) groups is 1. The third kappa shape index (κ3) is 1.91. The van der Waals surface area contributed by atoms with Gasteiger partial charge in [0.25, 0.3) is 0 Å². The summed E-state index contributed by atoms with van der Waals surface area (Å²) in [7, 11) is 0. The van der Waals surface area contributed by atoms with Gasteiger partial charge in [-0.1, -0.05) is 18.2 Å². The molecule has 0 amide bonds. The number of nitrogen functional groups attached to an aromatic ring is 1. The number of para-hydroxylation sites is 1. The van der Waals surface area contributed by atoms with E-state index in [0.717, 1.165) is 5.69 Å². The van der Waals surface area contributed by atoms with E-state index in [-0.39, 0.29) is 11.5 Å². The van der Waals surface area contributed by atoms with Crippen molar-refractivity contribution in [2.24, 2.45) is 0 Å². The Labute approximate surface area is 109 Å². The molecule has 0 aliphatic heterocycles. The van der Waals surface area contributed by atoms with Crippen molar-refractivity contribution >= 4 is 11.6 Å². The third-order valence-electron chi connectivity index (χ3n) is 2.80. The largest absolute Gasteiger partial charge is 0.461 e. The van der Waals surface area contributed by atoms with Crippen LogP contribution in [0.25, 0.3) is 5.69 Å². The molecule has 0 spiro atoms. The highest BCUT2D eigenvalue weighted by Gasteiger charge is 2.19. The Bertz CT molecular complexity index is 700. The van der Waals surface area contributed by atoms with Gasteiger partial charge < -0.3 is 10.2 Å². The van der Waals surface area contributed by atoms with Crippen molar-refractivity contribution in [3.05, 3.63) is 66.2 Å². The second kappa shape index (κ2) is 4.45. The van der Waals surface area contributed by atoms with Crippen LogP contribution in [0.2, 0.25) is 0 Å². The summed E-state index contributed by atoms with van der Waals surface area (Å²) in [6, 6.07) is 12.6. The molecule has 19 heavy (non-hydrogen) atoms. The van der Waals surface area contributed by atoms with Gasteiger partial charge in [0.15, 0.2) is 5.76 Å². The fourth-order valence-electron chi connectivity index (χ4n) is 1.85. The van der Waals surface area contributed by atoms with Crippen molar-refractivity contribution in [1.29, 1.82) is 0 Å². The molecule has 0 radical (unpaired) electrons. The number of nitrogens with zero attached hydrogens (tertiary/aromatic N) is 2. The molecular formula is C14H11N3O2. The van der Waals surface area contributed by atoms with Gasteiger partial charge >= 0.3 is 0 Å². The van der Waals surface area contributed by atoms with E-state index in [2.05, 4.69) is 5.10 Å². The summed E-state index contributed by atoms with van der Waals surface area (Å²) in [6.07, 6.45) is 2.90. The molecule has 0 saturated carbocycles. The molecule has 0 aliphatic carbocycles. The lowest BCUT2D eigenvalue weighted by Crippen LogP contribution is -2.06. The number of ketones is 1. The van der Waals surface area contributed by atoms with Gasteiger partial charge in [0.2, 0.25) is 5.78 Å². The SMILES string of the molecule is Nc1c(C(=O)c2ccco2)cnn1-c1ccccc1. The predicted molar refractivity (Wildman–Crippen MR) is 70.1 cm³/mol. The smallest absolute Gasteiger partial charge is 0.233 e. The number of carbonyl (C=O) groups excluding carboxylic acids is 1. The Morgan fingerprint density at radius 3 is 2.63 bits per heavy atom. The first-order valence-electron chi connectivity index (χ1n) is 5.74. The number of hydrogen-bond acceptors (Lipinski definition) is 4. The maximum absolute atomic E-state index is 12.1. The molecule has 2 N–H and O–H groups in total. The summed E-state index contributed by atoms with van der Waals surface area (Å²) in [5, 5.41) is 4.15. The van der Waals surface area contributed by atoms with Gasteiger partial charge in [-0.2, -0.15) is 5.10 Å². The summed E-state index contributed by atoms with van der Waals surface area (Å²) in [6.45, 7) is 0. The molecule has 94 valence electrons. The van der Waals surface area contributed by atoms with Crippen LogP contribution in [0.4, 0.5) is 5.82 Å². The Hall–Kier alpha value is -2.82. The van der Waals surface area contributed by atoms with Crippen LogP contribution in [0.1, 0.15) is 16.1 Å². The lowest BCUT2D eigenvalue weighted by molar-refractivity contribution is 0.101. The molecule has 3 rings (SSSR count). The van der Waals surface area contributed by atoms with Gasteiger partial charge in [0.05, 0.1) is 23.7 Å². The Kier molecular flexibility index (Phi) is 2.64. The Morgan fingerprint density at radius 1 is 1.16 bits per heavy atom. The minimum Gasteiger partial charge on any atom is -0.461 e. The number of anilines is 1. The van der Waals surface area contributed by atoms with E-state index in [0.29, 0.717) is 11.4 Å². The van der Waals surface area contributed by atoms with Crippen LogP contribution in [0, 0.1) is 0 Å². The Balaban J connectivity index is 2.02. The first kappa shape index (κ1) is 11.3. The van der Waals surface area contributed by atoms with Crippen molar-refractivity contribution in [3.8, 4) is 5.69 Å². The summed E-state index contributed by atoms with van der Waals surface area (Å²) in [5.41, 5.74) is 7.12. The minimum atomic E-state index is -0.273. The average molecular weight is 253 g/mol. The van der Waals surface area contributed by atoms with E-state index in [1.165, 1.54) is 17.1 Å². The fraction of sp³-hybridized carbons (Fsp3) is 0. The molecule has 0 atom stereocenters. The quantitative estimate of drug-likeness (QED) is 0.727. The van der Waals surface area contributed by atoms with Crippen LogP contribution in [0.5, 0.6) is 0 Å². The van der Waals surface area contributed by atoms with Crippen molar-refractivity contribution in [2.45, 2.75) is 0 Å². The number of rotatable bonds is 3. The third-order valence-corrected chi connectivity index (χ3v) is 2.80. The van der Waals surface area contributed by atoms with E-state index >= 15 is 0 Å². The monoisotopic (exact) mass is 253 g/mol. The minimum absolute atomic E-state index is 0.249. The van der Waals surface area contributed by atoms with Gasteiger partial charge in [0.1, 0.15) is 5.82 Å². The highest BCUT2D eigenvalue weighted by atomic mass is 16.3. The summed E-state index contributed by atoms with van der Waals surface area (Å²) in [5.74, 6) is 0.275. The van der Waals surface area contributed by atoms with Gasteiger partial charge in [-0.3, -0.25) is 4.79 Å². The zero-order valence-corrected chi connectivity index (χ0v) is 9.98. The maximum Gasteiger partial charge on any atom is 0.233 e. The van der Waals surface area contributed by atoms with Crippen molar-refractivity contribution in [3.63, 3.8) is 0 Å². The number of furan rings is 1. The lowest BCUT2D eigenvalue weighted by Gasteiger charge is -2.03. The molecule has 0 unspecified atom stereocenters. The standard InChI is InChI=1S/C14H11N3O2/c15-14-11(13(18)12-7-4-8-19-12)9-16-17(14)10-5-2-1-3-6-10/h1-9H,15H2. The summed E-state index contributed by atoms with van der Waals surface area (Å²) < 4.78 is 6.60. The average Bonchev–Trinajstić information content (AvgIpc) is 3.08. The van der Waals surface area contributed by atoms with Crippen LogP contribution < -0.4 is 5.73 Å². The molecule has 2 aromatic heterocycles. The highest BCUT2D eigenvalue weighted by molar-refractivity contribution is 6.09. The maximum atomic E-state index is 12.1. The van der Waals surface area contributed by atoms with E-state index in [1.54, 1.807) is 12.1 Å². The van der Waals surface area contributed by atoms with Gasteiger partial charge in [-0.15, -0.1) is 0 Å². The normalized spacial score (nSPS) is 10.5. The van der Waals surface area contributed by atoms with E-state index < -0.39 is 0 Å². The zero-order valence-electron chi connectivity index (χ0n) is 9.98. The summed E-state index contributed by atoms with van der Waals surface area (Å²) >= 11 is 0. The number of benzene rings is 1. The first-order chi connectivity index (χ1) is 9.27. The fourth-order valence-corrected chi connectivity index (χ4v) is 1.85. The van der Waals surface area contributed by atoms with Crippen molar-refractivity contribution in [2.75, 3.05) is 5.73 Å². The number of aromatic nitrogens is 2. The zero-order chi connectivity index (χ0) is 13.2. The number of hydrogen-bond donors (Lipinski definition) is 1. The molecule has 0 fully saturated rings. The van der Waals surface area contributed by atoms with Crippen LogP contribution in [-0.2, 0) is 0 Å². The van der Waals surface area contributed by atoms with E-state index in [1.807, 2.05) is 30.3 Å². The van der Waals surface area contributed by atoms with Crippen molar-refractivity contribution in [1.82, 2.24) is 9.78 Å². The van der Waals surface area contributed by atoms with E-state index in [9.17, 15) is 4.79 Å². The Morgan fingerprint density at radius 2 is 1.95 bits per heavy atom.